The highest BCUT2D eigenvalue weighted by atomic mass is 35.5. The number of hydrogen-bond acceptors (Lipinski definition) is 2. The molecule has 1 amide bonds. The molecule has 0 aromatic rings. The Bertz CT molecular complexity index is 146. The zero-order valence-corrected chi connectivity index (χ0v) is 7.85. The van der Waals surface area contributed by atoms with Crippen LogP contribution in [0.25, 0.3) is 0 Å². The molecular formula is C8H14ClNO2. The maximum atomic E-state index is 11.3. The van der Waals surface area contributed by atoms with Crippen molar-refractivity contribution in [3.63, 3.8) is 0 Å². The van der Waals surface area contributed by atoms with Crippen LogP contribution in [0.4, 0.5) is 0 Å². The van der Waals surface area contributed by atoms with E-state index in [1.54, 1.807) is 0 Å². The molecule has 1 aliphatic heterocycles. The predicted molar refractivity (Wildman–Crippen MR) is 46.9 cm³/mol. The first kappa shape index (κ1) is 9.81. The van der Waals surface area contributed by atoms with Crippen molar-refractivity contribution in [1.29, 1.82) is 0 Å². The molecule has 1 saturated heterocycles. The Morgan fingerprint density at radius 1 is 1.50 bits per heavy atom. The molecule has 0 aliphatic carbocycles. The summed E-state index contributed by atoms with van der Waals surface area (Å²) in [5, 5.41) is 1.47. The molecule has 0 N–H and O–H groups in total. The third-order valence-electron chi connectivity index (χ3n) is 1.81. The SMILES string of the molecule is O=C(CCCCCl)N1CCCO1. The predicted octanol–water partition coefficient (Wildman–Crippen LogP) is 1.56. The van der Waals surface area contributed by atoms with E-state index in [4.69, 9.17) is 16.4 Å². The van der Waals surface area contributed by atoms with Gasteiger partial charge >= 0.3 is 0 Å². The Labute approximate surface area is 77.6 Å². The van der Waals surface area contributed by atoms with Crippen LogP contribution in [-0.4, -0.2) is 30.0 Å². The second-order valence-corrected chi connectivity index (χ2v) is 3.21. The number of carbonyl (C=O) groups excluding carboxylic acids is 1. The Hall–Kier alpha value is -0.280. The first-order valence-electron chi connectivity index (χ1n) is 4.34. The van der Waals surface area contributed by atoms with E-state index in [0.717, 1.165) is 25.8 Å². The number of alkyl halides is 1. The summed E-state index contributed by atoms with van der Waals surface area (Å²) in [6.07, 6.45) is 3.29. The van der Waals surface area contributed by atoms with E-state index in [0.29, 0.717) is 18.9 Å². The summed E-state index contributed by atoms with van der Waals surface area (Å²) in [7, 11) is 0. The summed E-state index contributed by atoms with van der Waals surface area (Å²) in [5.41, 5.74) is 0. The van der Waals surface area contributed by atoms with Gasteiger partial charge in [-0.05, 0) is 19.3 Å². The van der Waals surface area contributed by atoms with Crippen LogP contribution in [0.1, 0.15) is 25.7 Å². The Kier molecular flexibility index (Phi) is 4.40. The quantitative estimate of drug-likeness (QED) is 0.499. The summed E-state index contributed by atoms with van der Waals surface area (Å²) in [5.74, 6) is 0.728. The maximum Gasteiger partial charge on any atom is 0.246 e. The second-order valence-electron chi connectivity index (χ2n) is 2.83. The third-order valence-corrected chi connectivity index (χ3v) is 2.07. The number of hydrogen-bond donors (Lipinski definition) is 0. The molecule has 12 heavy (non-hydrogen) atoms. The molecule has 1 heterocycles. The highest BCUT2D eigenvalue weighted by Crippen LogP contribution is 2.08. The van der Waals surface area contributed by atoms with Gasteiger partial charge in [0.15, 0.2) is 0 Å². The number of unbranched alkanes of at least 4 members (excludes halogenated alkanes) is 1. The molecule has 0 aromatic heterocycles. The monoisotopic (exact) mass is 191 g/mol. The van der Waals surface area contributed by atoms with E-state index in [1.807, 2.05) is 0 Å². The number of hydroxylamine groups is 2. The van der Waals surface area contributed by atoms with Gasteiger partial charge in [0, 0.05) is 12.3 Å². The number of nitrogens with zero attached hydrogens (tertiary/aromatic N) is 1. The summed E-state index contributed by atoms with van der Waals surface area (Å²) in [6, 6.07) is 0. The van der Waals surface area contributed by atoms with Crippen LogP contribution < -0.4 is 0 Å². The van der Waals surface area contributed by atoms with Crippen LogP contribution in [0.5, 0.6) is 0 Å². The molecule has 1 aliphatic rings. The van der Waals surface area contributed by atoms with Crippen LogP contribution in [0.2, 0.25) is 0 Å². The molecule has 0 unspecified atom stereocenters. The summed E-state index contributed by atoms with van der Waals surface area (Å²) in [4.78, 5) is 16.4. The van der Waals surface area contributed by atoms with Crippen molar-refractivity contribution in [2.45, 2.75) is 25.7 Å². The van der Waals surface area contributed by atoms with E-state index >= 15 is 0 Å². The van der Waals surface area contributed by atoms with Crippen molar-refractivity contribution in [2.75, 3.05) is 19.0 Å². The van der Waals surface area contributed by atoms with Gasteiger partial charge in [0.2, 0.25) is 5.91 Å². The lowest BCUT2D eigenvalue weighted by Crippen LogP contribution is -2.26. The minimum Gasteiger partial charge on any atom is -0.273 e. The largest absolute Gasteiger partial charge is 0.273 e. The van der Waals surface area contributed by atoms with E-state index in [1.165, 1.54) is 5.06 Å². The minimum absolute atomic E-state index is 0.0950. The first-order valence-corrected chi connectivity index (χ1v) is 4.87. The van der Waals surface area contributed by atoms with E-state index in [9.17, 15) is 4.79 Å². The maximum absolute atomic E-state index is 11.3. The van der Waals surface area contributed by atoms with Gasteiger partial charge in [-0.25, -0.2) is 5.06 Å². The van der Waals surface area contributed by atoms with Gasteiger partial charge in [-0.3, -0.25) is 9.63 Å². The van der Waals surface area contributed by atoms with Crippen LogP contribution in [-0.2, 0) is 9.63 Å². The number of carbonyl (C=O) groups is 1. The standard InChI is InChI=1S/C8H14ClNO2/c9-5-2-1-4-8(11)10-6-3-7-12-10/h1-7H2. The third kappa shape index (κ3) is 2.99. The molecule has 0 spiro atoms. The molecule has 1 rings (SSSR count). The van der Waals surface area contributed by atoms with E-state index in [2.05, 4.69) is 0 Å². The minimum atomic E-state index is 0.0950. The fourth-order valence-electron chi connectivity index (χ4n) is 1.14. The van der Waals surface area contributed by atoms with Gasteiger partial charge in [-0.2, -0.15) is 0 Å². The first-order chi connectivity index (χ1) is 5.84. The van der Waals surface area contributed by atoms with Crippen LogP contribution in [0.3, 0.4) is 0 Å². The van der Waals surface area contributed by atoms with Gasteiger partial charge in [-0.1, -0.05) is 0 Å². The molecule has 70 valence electrons. The summed E-state index contributed by atoms with van der Waals surface area (Å²) < 4.78 is 0. The molecule has 0 bridgehead atoms. The van der Waals surface area contributed by atoms with Crippen LogP contribution in [0, 0.1) is 0 Å². The molecule has 4 heteroatoms. The average Bonchev–Trinajstić information content (AvgIpc) is 2.56. The Balaban J connectivity index is 2.10. The van der Waals surface area contributed by atoms with Crippen molar-refractivity contribution in [2.24, 2.45) is 0 Å². The molecular weight excluding hydrogens is 178 g/mol. The van der Waals surface area contributed by atoms with Gasteiger partial charge in [-0.15, -0.1) is 11.6 Å². The smallest absolute Gasteiger partial charge is 0.246 e. The normalized spacial score (nSPS) is 16.9. The highest BCUT2D eigenvalue weighted by Gasteiger charge is 2.17. The highest BCUT2D eigenvalue weighted by molar-refractivity contribution is 6.17. The number of halogens is 1. The zero-order chi connectivity index (χ0) is 8.81. The number of amides is 1. The molecule has 1 fully saturated rings. The van der Waals surface area contributed by atoms with E-state index in [-0.39, 0.29) is 5.91 Å². The van der Waals surface area contributed by atoms with Crippen molar-refractivity contribution in [1.82, 2.24) is 5.06 Å². The lowest BCUT2D eigenvalue weighted by Gasteiger charge is -2.12. The van der Waals surface area contributed by atoms with E-state index < -0.39 is 0 Å². The van der Waals surface area contributed by atoms with Crippen LogP contribution >= 0.6 is 11.6 Å². The molecule has 0 radical (unpaired) electrons. The van der Waals surface area contributed by atoms with Gasteiger partial charge in [0.1, 0.15) is 0 Å². The van der Waals surface area contributed by atoms with Gasteiger partial charge in [0.05, 0.1) is 13.2 Å². The summed E-state index contributed by atoms with van der Waals surface area (Å²) in [6.45, 7) is 1.43. The average molecular weight is 192 g/mol. The van der Waals surface area contributed by atoms with Crippen molar-refractivity contribution < 1.29 is 9.63 Å². The van der Waals surface area contributed by atoms with Crippen LogP contribution in [0.15, 0.2) is 0 Å². The second kappa shape index (κ2) is 5.38. The van der Waals surface area contributed by atoms with Gasteiger partial charge < -0.3 is 0 Å². The summed E-state index contributed by atoms with van der Waals surface area (Å²) >= 11 is 5.49. The molecule has 0 atom stereocenters. The lowest BCUT2D eigenvalue weighted by molar-refractivity contribution is -0.168. The van der Waals surface area contributed by atoms with Crippen molar-refractivity contribution >= 4 is 17.5 Å². The molecule has 0 aromatic carbocycles. The topological polar surface area (TPSA) is 29.5 Å². The molecule has 3 nitrogen and oxygen atoms in total. The fourth-order valence-corrected chi connectivity index (χ4v) is 1.33. The van der Waals surface area contributed by atoms with Crippen molar-refractivity contribution in [3.05, 3.63) is 0 Å². The molecule has 0 saturated carbocycles. The zero-order valence-electron chi connectivity index (χ0n) is 7.09. The van der Waals surface area contributed by atoms with Gasteiger partial charge in [0.25, 0.3) is 0 Å². The number of rotatable bonds is 4. The fraction of sp³-hybridized carbons (Fsp3) is 0.875. The Morgan fingerprint density at radius 3 is 2.92 bits per heavy atom. The Morgan fingerprint density at radius 2 is 2.33 bits per heavy atom. The van der Waals surface area contributed by atoms with Crippen molar-refractivity contribution in [3.8, 4) is 0 Å². The lowest BCUT2D eigenvalue weighted by atomic mass is 10.2.